The summed E-state index contributed by atoms with van der Waals surface area (Å²) in [4.78, 5) is 2.38. The van der Waals surface area contributed by atoms with Crippen molar-refractivity contribution in [1.29, 1.82) is 0 Å². The van der Waals surface area contributed by atoms with Crippen molar-refractivity contribution < 1.29 is 5.11 Å². The second-order valence-corrected chi connectivity index (χ2v) is 5.79. The highest BCUT2D eigenvalue weighted by Crippen LogP contribution is 2.28. The largest absolute Gasteiger partial charge is 0.389 e. The van der Waals surface area contributed by atoms with Crippen LogP contribution in [0.15, 0.2) is 0 Å². The van der Waals surface area contributed by atoms with Gasteiger partial charge in [-0.25, -0.2) is 0 Å². The van der Waals surface area contributed by atoms with Gasteiger partial charge in [0.2, 0.25) is 0 Å². The van der Waals surface area contributed by atoms with E-state index in [1.54, 1.807) is 0 Å². The van der Waals surface area contributed by atoms with Crippen LogP contribution in [-0.2, 0) is 0 Å². The molecule has 0 radical (unpaired) electrons. The molecule has 0 aromatic carbocycles. The Morgan fingerprint density at radius 2 is 2.00 bits per heavy atom. The second kappa shape index (κ2) is 3.58. The maximum Gasteiger partial charge on any atom is 0.0718 e. The van der Waals surface area contributed by atoms with Crippen molar-refractivity contribution in [3.05, 3.63) is 0 Å². The Hall–Kier alpha value is -0.0800. The lowest BCUT2D eigenvalue weighted by Gasteiger charge is -2.40. The normalized spacial score (nSPS) is 24.7. The number of β-amino-alcohol motifs (C(OH)–C–C–N with tert-alkyl or cyclic N) is 1. The first-order valence-electron chi connectivity index (χ1n) is 5.23. The molecule has 0 aromatic rings. The van der Waals surface area contributed by atoms with Crippen LogP contribution in [0, 0.1) is 5.41 Å². The lowest BCUT2D eigenvalue weighted by atomic mass is 9.84. The van der Waals surface area contributed by atoms with Gasteiger partial charge in [0.1, 0.15) is 0 Å². The topological polar surface area (TPSA) is 23.5 Å². The van der Waals surface area contributed by atoms with Crippen molar-refractivity contribution in [3.63, 3.8) is 0 Å². The summed E-state index contributed by atoms with van der Waals surface area (Å²) in [5, 5.41) is 9.70. The van der Waals surface area contributed by atoms with E-state index >= 15 is 0 Å². The van der Waals surface area contributed by atoms with Crippen molar-refractivity contribution in [2.75, 3.05) is 19.6 Å². The zero-order valence-corrected chi connectivity index (χ0v) is 9.43. The standard InChI is InChI=1S/C11H23NO/c1-10(2)6-5-7-12(8-10)9-11(3,4)13/h13H,5-9H2,1-4H3. The van der Waals surface area contributed by atoms with Crippen LogP contribution < -0.4 is 0 Å². The molecule has 0 unspecified atom stereocenters. The molecule has 0 aliphatic carbocycles. The van der Waals surface area contributed by atoms with E-state index < -0.39 is 5.60 Å². The number of hydrogen-bond donors (Lipinski definition) is 1. The lowest BCUT2D eigenvalue weighted by Crippen LogP contribution is -2.46. The van der Waals surface area contributed by atoms with Gasteiger partial charge < -0.3 is 5.11 Å². The maximum atomic E-state index is 9.70. The molecule has 1 rings (SSSR count). The molecule has 2 nitrogen and oxygen atoms in total. The number of nitrogens with zero attached hydrogens (tertiary/aromatic N) is 1. The summed E-state index contributed by atoms with van der Waals surface area (Å²) < 4.78 is 0. The molecule has 1 aliphatic rings. The smallest absolute Gasteiger partial charge is 0.0718 e. The van der Waals surface area contributed by atoms with Gasteiger partial charge in [0.05, 0.1) is 5.60 Å². The molecule has 78 valence electrons. The summed E-state index contributed by atoms with van der Waals surface area (Å²) in [6.45, 7) is 11.5. The summed E-state index contributed by atoms with van der Waals surface area (Å²) in [6, 6.07) is 0. The van der Waals surface area contributed by atoms with Crippen LogP contribution in [0.5, 0.6) is 0 Å². The van der Waals surface area contributed by atoms with Crippen LogP contribution in [0.4, 0.5) is 0 Å². The van der Waals surface area contributed by atoms with E-state index in [2.05, 4.69) is 18.7 Å². The first-order valence-corrected chi connectivity index (χ1v) is 5.23. The molecule has 1 N–H and O–H groups in total. The van der Waals surface area contributed by atoms with Gasteiger partial charge in [0.15, 0.2) is 0 Å². The van der Waals surface area contributed by atoms with Crippen molar-refractivity contribution in [2.24, 2.45) is 5.41 Å². The number of piperidine rings is 1. The molecule has 0 bridgehead atoms. The number of hydrogen-bond acceptors (Lipinski definition) is 2. The van der Waals surface area contributed by atoms with Crippen molar-refractivity contribution in [1.82, 2.24) is 4.90 Å². The fraction of sp³-hybridized carbons (Fsp3) is 1.00. The van der Waals surface area contributed by atoms with Gasteiger partial charge in [-0.2, -0.15) is 0 Å². The minimum Gasteiger partial charge on any atom is -0.389 e. The molecule has 2 heteroatoms. The third kappa shape index (κ3) is 4.10. The van der Waals surface area contributed by atoms with Crippen LogP contribution >= 0.6 is 0 Å². The fourth-order valence-electron chi connectivity index (χ4n) is 2.23. The Balaban J connectivity index is 2.44. The highest BCUT2D eigenvalue weighted by atomic mass is 16.3. The van der Waals surface area contributed by atoms with Crippen LogP contribution in [0.2, 0.25) is 0 Å². The first-order chi connectivity index (χ1) is 5.79. The predicted molar refractivity (Wildman–Crippen MR) is 55.8 cm³/mol. The minimum atomic E-state index is -0.548. The number of rotatable bonds is 2. The summed E-state index contributed by atoms with van der Waals surface area (Å²) in [6.07, 6.45) is 2.58. The molecule has 1 aliphatic heterocycles. The van der Waals surface area contributed by atoms with Gasteiger partial charge in [-0.1, -0.05) is 13.8 Å². The van der Waals surface area contributed by atoms with Gasteiger partial charge in [-0.05, 0) is 38.6 Å². The zero-order valence-electron chi connectivity index (χ0n) is 9.43. The van der Waals surface area contributed by atoms with E-state index in [4.69, 9.17) is 0 Å². The highest BCUT2D eigenvalue weighted by Gasteiger charge is 2.28. The van der Waals surface area contributed by atoms with Crippen molar-refractivity contribution in [2.45, 2.75) is 46.1 Å². The SMILES string of the molecule is CC(C)(O)CN1CCCC(C)(C)C1. The zero-order chi connectivity index (χ0) is 10.1. The Morgan fingerprint density at radius 1 is 1.38 bits per heavy atom. The van der Waals surface area contributed by atoms with E-state index in [1.165, 1.54) is 12.8 Å². The average Bonchev–Trinajstić information content (AvgIpc) is 1.79. The van der Waals surface area contributed by atoms with E-state index in [-0.39, 0.29) is 0 Å². The number of aliphatic hydroxyl groups is 1. The van der Waals surface area contributed by atoms with E-state index in [0.717, 1.165) is 19.6 Å². The molecule has 0 amide bonds. The van der Waals surface area contributed by atoms with Crippen molar-refractivity contribution in [3.8, 4) is 0 Å². The highest BCUT2D eigenvalue weighted by molar-refractivity contribution is 4.82. The second-order valence-electron chi connectivity index (χ2n) is 5.79. The molecule has 0 aromatic heterocycles. The summed E-state index contributed by atoms with van der Waals surface area (Å²) >= 11 is 0. The third-order valence-corrected chi connectivity index (χ3v) is 2.59. The summed E-state index contributed by atoms with van der Waals surface area (Å²) in [7, 11) is 0. The molecule has 13 heavy (non-hydrogen) atoms. The molecule has 1 heterocycles. The Bertz CT molecular complexity index is 167. The molecule has 0 spiro atoms. The third-order valence-electron chi connectivity index (χ3n) is 2.59. The van der Waals surface area contributed by atoms with E-state index in [9.17, 15) is 5.11 Å². The van der Waals surface area contributed by atoms with Gasteiger partial charge in [0, 0.05) is 13.1 Å². The first kappa shape index (κ1) is 11.0. The van der Waals surface area contributed by atoms with E-state index in [1.807, 2.05) is 13.8 Å². The Morgan fingerprint density at radius 3 is 2.46 bits per heavy atom. The monoisotopic (exact) mass is 185 g/mol. The average molecular weight is 185 g/mol. The van der Waals surface area contributed by atoms with Crippen LogP contribution in [0.1, 0.15) is 40.5 Å². The summed E-state index contributed by atoms with van der Waals surface area (Å²) in [5.41, 5.74) is -0.114. The fourth-order valence-corrected chi connectivity index (χ4v) is 2.23. The molecule has 0 saturated carbocycles. The van der Waals surface area contributed by atoms with Crippen LogP contribution in [0.25, 0.3) is 0 Å². The summed E-state index contributed by atoms with van der Waals surface area (Å²) in [5.74, 6) is 0. The molecule has 0 atom stereocenters. The van der Waals surface area contributed by atoms with E-state index in [0.29, 0.717) is 5.41 Å². The molecule has 1 saturated heterocycles. The molecule has 1 fully saturated rings. The van der Waals surface area contributed by atoms with Gasteiger partial charge in [-0.15, -0.1) is 0 Å². The minimum absolute atomic E-state index is 0.434. The lowest BCUT2D eigenvalue weighted by molar-refractivity contribution is 0.00919. The van der Waals surface area contributed by atoms with Crippen molar-refractivity contribution >= 4 is 0 Å². The Kier molecular flexibility index (Phi) is 3.03. The number of likely N-dealkylation sites (tertiary alicyclic amines) is 1. The predicted octanol–water partition coefficient (Wildman–Crippen LogP) is 1.88. The quantitative estimate of drug-likeness (QED) is 0.710. The Labute approximate surface area is 81.9 Å². The molecular formula is C11H23NO. The van der Waals surface area contributed by atoms with Crippen LogP contribution in [0.3, 0.4) is 0 Å². The maximum absolute atomic E-state index is 9.70. The van der Waals surface area contributed by atoms with Gasteiger partial charge >= 0.3 is 0 Å². The molecular weight excluding hydrogens is 162 g/mol. The van der Waals surface area contributed by atoms with Gasteiger partial charge in [0.25, 0.3) is 0 Å². The van der Waals surface area contributed by atoms with Crippen LogP contribution in [-0.4, -0.2) is 35.2 Å². The van der Waals surface area contributed by atoms with Gasteiger partial charge in [-0.3, -0.25) is 4.90 Å².